The molecule has 0 saturated heterocycles. The molecule has 1 amide bonds. The van der Waals surface area contributed by atoms with Gasteiger partial charge in [0.2, 0.25) is 5.91 Å². The summed E-state index contributed by atoms with van der Waals surface area (Å²) < 4.78 is 33.3. The number of aryl methyl sites for hydroxylation is 1. The van der Waals surface area contributed by atoms with Gasteiger partial charge < -0.3 is 15.8 Å². The van der Waals surface area contributed by atoms with Crippen molar-refractivity contribution in [3.8, 4) is 5.75 Å². The van der Waals surface area contributed by atoms with Gasteiger partial charge in [0.05, 0.1) is 12.6 Å². The van der Waals surface area contributed by atoms with Crippen molar-refractivity contribution in [3.05, 3.63) is 137 Å². The molecule has 0 aliphatic carbocycles. The fourth-order valence-electron chi connectivity index (χ4n) is 5.12. The molecule has 2 atom stereocenters. The molecule has 0 unspecified atom stereocenters. The zero-order chi connectivity index (χ0) is 32.2. The largest absolute Gasteiger partial charge is 0.494 e. The molecule has 45 heavy (non-hydrogen) atoms. The Morgan fingerprint density at radius 2 is 1.42 bits per heavy atom. The average Bonchev–Trinajstić information content (AvgIpc) is 3.06. The molecule has 3 N–H and O–H groups in total. The summed E-state index contributed by atoms with van der Waals surface area (Å²) >= 11 is 0. The van der Waals surface area contributed by atoms with Gasteiger partial charge in [-0.05, 0) is 72.7 Å². The highest BCUT2D eigenvalue weighted by Crippen LogP contribution is 2.21. The molecule has 0 spiro atoms. The van der Waals surface area contributed by atoms with Gasteiger partial charge in [0.15, 0.2) is 23.2 Å². The zero-order valence-electron chi connectivity index (χ0n) is 25.3. The number of ketones is 2. The van der Waals surface area contributed by atoms with Crippen molar-refractivity contribution in [1.82, 2.24) is 5.32 Å². The lowest BCUT2D eigenvalue weighted by molar-refractivity contribution is -0.130. The van der Waals surface area contributed by atoms with Crippen molar-refractivity contribution in [1.29, 1.82) is 0 Å². The molecule has 6 nitrogen and oxygen atoms in total. The first-order valence-corrected chi connectivity index (χ1v) is 15.1. The van der Waals surface area contributed by atoms with Gasteiger partial charge in [0, 0.05) is 30.9 Å². The van der Waals surface area contributed by atoms with Gasteiger partial charge in [-0.3, -0.25) is 14.4 Å². The summed E-state index contributed by atoms with van der Waals surface area (Å²) in [6, 6.07) is 26.0. The molecular formula is C37H38F2N2O4. The molecule has 4 aromatic rings. The van der Waals surface area contributed by atoms with Crippen LogP contribution < -0.4 is 15.8 Å². The van der Waals surface area contributed by atoms with Crippen LogP contribution in [0.3, 0.4) is 0 Å². The minimum Gasteiger partial charge on any atom is -0.494 e. The van der Waals surface area contributed by atoms with Crippen LogP contribution in [0.4, 0.5) is 8.78 Å². The van der Waals surface area contributed by atoms with E-state index < -0.39 is 29.5 Å². The summed E-state index contributed by atoms with van der Waals surface area (Å²) in [5, 5.41) is 2.86. The fraction of sp³-hybridized carbons (Fsp3) is 0.270. The van der Waals surface area contributed by atoms with E-state index in [1.165, 1.54) is 6.07 Å². The van der Waals surface area contributed by atoms with Crippen molar-refractivity contribution in [2.45, 2.75) is 51.6 Å². The number of ether oxygens (including phenoxy) is 1. The van der Waals surface area contributed by atoms with Gasteiger partial charge in [-0.2, -0.15) is 0 Å². The second-order valence-corrected chi connectivity index (χ2v) is 11.0. The third kappa shape index (κ3) is 9.91. The van der Waals surface area contributed by atoms with Crippen LogP contribution in [0.25, 0.3) is 0 Å². The summed E-state index contributed by atoms with van der Waals surface area (Å²) in [7, 11) is 0. The molecule has 0 heterocycles. The van der Waals surface area contributed by atoms with Crippen LogP contribution in [0.2, 0.25) is 0 Å². The predicted molar refractivity (Wildman–Crippen MR) is 170 cm³/mol. The van der Waals surface area contributed by atoms with E-state index in [0.29, 0.717) is 36.4 Å². The van der Waals surface area contributed by atoms with E-state index in [0.717, 1.165) is 28.8 Å². The summed E-state index contributed by atoms with van der Waals surface area (Å²) in [6.45, 7) is 2.81. The van der Waals surface area contributed by atoms with E-state index in [2.05, 4.69) is 5.32 Å². The monoisotopic (exact) mass is 612 g/mol. The summed E-state index contributed by atoms with van der Waals surface area (Å²) in [5.74, 6) is -3.07. The van der Waals surface area contributed by atoms with E-state index in [-0.39, 0.29) is 37.2 Å². The maximum absolute atomic E-state index is 14.1. The van der Waals surface area contributed by atoms with Gasteiger partial charge >= 0.3 is 0 Å². The number of amides is 1. The highest BCUT2D eigenvalue weighted by molar-refractivity contribution is 5.99. The summed E-state index contributed by atoms with van der Waals surface area (Å²) in [6.07, 6.45) is 0.675. The van der Waals surface area contributed by atoms with Gasteiger partial charge in [-0.15, -0.1) is 0 Å². The molecule has 0 radical (unpaired) electrons. The van der Waals surface area contributed by atoms with E-state index in [1.54, 1.807) is 24.3 Å². The lowest BCUT2D eigenvalue weighted by Crippen LogP contribution is -2.46. The topological polar surface area (TPSA) is 98.5 Å². The normalized spacial score (nSPS) is 12.3. The third-order valence-corrected chi connectivity index (χ3v) is 7.66. The van der Waals surface area contributed by atoms with E-state index in [9.17, 15) is 23.2 Å². The Morgan fingerprint density at radius 1 is 0.778 bits per heavy atom. The number of benzene rings is 4. The number of Topliss-reactive ketones (excluding diaryl/α,β-unsaturated/α-hetero) is 2. The van der Waals surface area contributed by atoms with Crippen molar-refractivity contribution < 1.29 is 27.9 Å². The van der Waals surface area contributed by atoms with Crippen LogP contribution in [0.1, 0.15) is 52.4 Å². The number of rotatable bonds is 16. The number of carbonyl (C=O) groups excluding carboxylic acids is 3. The average molecular weight is 613 g/mol. The van der Waals surface area contributed by atoms with Gasteiger partial charge in [0.25, 0.3) is 0 Å². The first kappa shape index (κ1) is 33.2. The van der Waals surface area contributed by atoms with Crippen molar-refractivity contribution in [2.75, 3.05) is 6.61 Å². The molecule has 0 aliphatic heterocycles. The summed E-state index contributed by atoms with van der Waals surface area (Å²) in [4.78, 5) is 40.7. The highest BCUT2D eigenvalue weighted by Gasteiger charge is 2.28. The quantitative estimate of drug-likeness (QED) is 0.147. The fourth-order valence-corrected chi connectivity index (χ4v) is 5.12. The number of nitrogens with two attached hydrogens (primary N) is 1. The van der Waals surface area contributed by atoms with Crippen LogP contribution in [-0.4, -0.2) is 30.1 Å². The molecule has 8 heteroatoms. The molecular weight excluding hydrogens is 574 g/mol. The molecule has 234 valence electrons. The highest BCUT2D eigenvalue weighted by atomic mass is 19.2. The lowest BCUT2D eigenvalue weighted by Gasteiger charge is -2.23. The predicted octanol–water partition coefficient (Wildman–Crippen LogP) is 6.18. The lowest BCUT2D eigenvalue weighted by atomic mass is 9.90. The molecule has 0 bridgehead atoms. The van der Waals surface area contributed by atoms with Crippen LogP contribution in [0, 0.1) is 17.6 Å². The molecule has 0 fully saturated rings. The Hall–Kier alpha value is -4.69. The van der Waals surface area contributed by atoms with E-state index in [4.69, 9.17) is 10.5 Å². The Bertz CT molecular complexity index is 1570. The van der Waals surface area contributed by atoms with Crippen LogP contribution >= 0.6 is 0 Å². The zero-order valence-corrected chi connectivity index (χ0v) is 25.3. The van der Waals surface area contributed by atoms with Crippen molar-refractivity contribution in [3.63, 3.8) is 0 Å². The number of carbonyl (C=O) groups is 3. The second kappa shape index (κ2) is 16.4. The van der Waals surface area contributed by atoms with Crippen LogP contribution in [0.15, 0.2) is 97.1 Å². The SMILES string of the molecule is CCOc1ccc(C[C@@H](CC(=O)c2ccccc2)C(=O)N[C@@H](Cc2ccc(F)c(F)c2)C(=O)CCc2ccc(CN)cc2)cc1. The van der Waals surface area contributed by atoms with Crippen molar-refractivity contribution in [2.24, 2.45) is 11.7 Å². The molecule has 4 rings (SSSR count). The smallest absolute Gasteiger partial charge is 0.224 e. The maximum atomic E-state index is 14.1. The number of hydrogen-bond acceptors (Lipinski definition) is 5. The molecule has 0 aliphatic rings. The minimum atomic E-state index is -1.04. The Morgan fingerprint density at radius 3 is 2.07 bits per heavy atom. The van der Waals surface area contributed by atoms with Gasteiger partial charge in [0.1, 0.15) is 5.75 Å². The summed E-state index contributed by atoms with van der Waals surface area (Å²) in [5.41, 5.74) is 9.26. The number of nitrogens with one attached hydrogen (secondary N) is 1. The Balaban J connectivity index is 1.56. The maximum Gasteiger partial charge on any atom is 0.224 e. The standard InChI is InChI=1S/C37H38F2N2O4/c1-2-45-31-16-12-26(13-17-31)20-30(23-36(43)29-6-4-3-5-7-29)37(44)41-34(22-28-14-18-32(38)33(39)21-28)35(42)19-15-25-8-10-27(24-40)11-9-25/h3-14,16-18,21,30,34H,2,15,19-20,22-24,40H2,1H3,(H,41,44)/t30-,34-/m0/s1. The van der Waals surface area contributed by atoms with Gasteiger partial charge in [-0.25, -0.2) is 8.78 Å². The number of hydrogen-bond donors (Lipinski definition) is 2. The molecule has 0 aromatic heterocycles. The van der Waals surface area contributed by atoms with Gasteiger partial charge in [-0.1, -0.05) is 72.8 Å². The van der Waals surface area contributed by atoms with Crippen molar-refractivity contribution >= 4 is 17.5 Å². The second-order valence-electron chi connectivity index (χ2n) is 11.0. The van der Waals surface area contributed by atoms with Crippen LogP contribution in [-0.2, 0) is 35.4 Å². The molecule has 4 aromatic carbocycles. The third-order valence-electron chi connectivity index (χ3n) is 7.66. The Kier molecular flexibility index (Phi) is 12.1. The first-order valence-electron chi connectivity index (χ1n) is 15.1. The first-order chi connectivity index (χ1) is 21.7. The number of halogens is 2. The van der Waals surface area contributed by atoms with E-state index in [1.807, 2.05) is 61.5 Å². The molecule has 0 saturated carbocycles. The minimum absolute atomic E-state index is 0.0315. The Labute approximate surface area is 262 Å². The van der Waals surface area contributed by atoms with Crippen LogP contribution in [0.5, 0.6) is 5.75 Å². The van der Waals surface area contributed by atoms with E-state index >= 15 is 0 Å².